The molecule has 4 heterocycles. The minimum Gasteiger partial charge on any atom is -0.373 e. The van der Waals surface area contributed by atoms with Crippen LogP contribution in [0.4, 0.5) is 14.7 Å². The van der Waals surface area contributed by atoms with Crippen LogP contribution in [-0.4, -0.2) is 69.0 Å². The lowest BCUT2D eigenvalue weighted by Gasteiger charge is -2.35. The molecule has 2 fully saturated rings. The van der Waals surface area contributed by atoms with Crippen LogP contribution in [0.3, 0.4) is 0 Å². The maximum Gasteiger partial charge on any atom is 0.272 e. The van der Waals surface area contributed by atoms with Crippen molar-refractivity contribution in [2.45, 2.75) is 85.2 Å². The molecule has 0 spiro atoms. The van der Waals surface area contributed by atoms with E-state index in [-0.39, 0.29) is 50.8 Å². The molecule has 2 aliphatic rings. The average Bonchev–Trinajstić information content (AvgIpc) is 3.70. The van der Waals surface area contributed by atoms with Gasteiger partial charge in [-0.2, -0.15) is 5.26 Å². The number of carbonyl (C=O) groups excluding carboxylic acids is 2. The zero-order chi connectivity index (χ0) is 32.5. The van der Waals surface area contributed by atoms with E-state index >= 15 is 0 Å². The zero-order valence-electron chi connectivity index (χ0n) is 26.3. The van der Waals surface area contributed by atoms with Gasteiger partial charge in [0.05, 0.1) is 39.0 Å². The number of imidazole rings is 1. The predicted octanol–water partition coefficient (Wildman–Crippen LogP) is 6.38. The average molecular weight is 639 g/mol. The van der Waals surface area contributed by atoms with E-state index < -0.39 is 12.3 Å². The Morgan fingerprint density at radius 2 is 1.93 bits per heavy atom. The number of hydrogen-bond acceptors (Lipinski definition) is 7. The van der Waals surface area contributed by atoms with Gasteiger partial charge in [0.25, 0.3) is 18.2 Å². The van der Waals surface area contributed by atoms with E-state index in [1.165, 1.54) is 12.1 Å². The van der Waals surface area contributed by atoms with Gasteiger partial charge in [-0.15, -0.1) is 11.3 Å². The van der Waals surface area contributed by atoms with Gasteiger partial charge in [-0.05, 0) is 61.9 Å². The van der Waals surface area contributed by atoms with Gasteiger partial charge in [-0.3, -0.25) is 19.8 Å². The van der Waals surface area contributed by atoms with Crippen molar-refractivity contribution in [3.05, 3.63) is 57.3 Å². The minimum absolute atomic E-state index is 0.113. The summed E-state index contributed by atoms with van der Waals surface area (Å²) in [4.78, 5) is 35.6. The number of alkyl halides is 2. The fourth-order valence-corrected chi connectivity index (χ4v) is 6.97. The number of morpholine rings is 1. The molecular formula is C33H40F2N6O3S. The number of hydrogen-bond donors (Lipinski definition) is 1. The zero-order valence-corrected chi connectivity index (χ0v) is 27.2. The summed E-state index contributed by atoms with van der Waals surface area (Å²) < 4.78 is 34.2. The molecule has 0 saturated carbocycles. The molecule has 0 aliphatic carbocycles. The number of ether oxygens (including phenoxy) is 1. The number of aromatic nitrogens is 2. The fraction of sp³-hybridized carbons (Fsp3) is 0.515. The minimum atomic E-state index is -2.66. The lowest BCUT2D eigenvalue weighted by atomic mass is 9.93. The summed E-state index contributed by atoms with van der Waals surface area (Å²) in [6, 6.07) is 10.5. The SMILES string of the molecule is CC1CN(Cc2ccc3c(c2)nc(NC(=O)c2ccc(C(F)F)s2)n3C[C@H]2CCCN2C(=O)C(C#N)=CC(C)(C)C)CC(C)O1. The molecule has 0 bridgehead atoms. The maximum atomic E-state index is 13.5. The van der Waals surface area contributed by atoms with Crippen LogP contribution >= 0.6 is 11.3 Å². The van der Waals surface area contributed by atoms with Crippen LogP contribution < -0.4 is 5.32 Å². The Labute approximate surface area is 266 Å². The monoisotopic (exact) mass is 638 g/mol. The molecule has 1 aromatic carbocycles. The van der Waals surface area contributed by atoms with Crippen molar-refractivity contribution in [3.8, 4) is 6.07 Å². The van der Waals surface area contributed by atoms with Gasteiger partial charge in [-0.25, -0.2) is 13.8 Å². The van der Waals surface area contributed by atoms with E-state index in [4.69, 9.17) is 9.72 Å². The van der Waals surface area contributed by atoms with Crippen LogP contribution in [0.1, 0.15) is 74.0 Å². The largest absolute Gasteiger partial charge is 0.373 e. The topological polar surface area (TPSA) is 103 Å². The van der Waals surface area contributed by atoms with E-state index in [1.807, 2.05) is 43.5 Å². The molecule has 3 atom stereocenters. The van der Waals surface area contributed by atoms with Crippen molar-refractivity contribution < 1.29 is 23.1 Å². The van der Waals surface area contributed by atoms with Crippen molar-refractivity contribution in [3.63, 3.8) is 0 Å². The number of rotatable bonds is 8. The Morgan fingerprint density at radius 1 is 1.20 bits per heavy atom. The first kappa shape index (κ1) is 32.7. The molecule has 240 valence electrons. The van der Waals surface area contributed by atoms with Gasteiger partial charge in [0, 0.05) is 32.7 Å². The molecule has 5 rings (SSSR count). The lowest BCUT2D eigenvalue weighted by Crippen LogP contribution is -2.44. The molecule has 45 heavy (non-hydrogen) atoms. The molecule has 0 radical (unpaired) electrons. The van der Waals surface area contributed by atoms with Crippen LogP contribution in [0.2, 0.25) is 0 Å². The van der Waals surface area contributed by atoms with Crippen molar-refractivity contribution in [2.75, 3.05) is 25.0 Å². The Kier molecular flexibility index (Phi) is 9.72. The number of carbonyl (C=O) groups is 2. The third-order valence-corrected chi connectivity index (χ3v) is 9.06. The number of likely N-dealkylation sites (tertiary alicyclic amines) is 1. The molecule has 3 aromatic rings. The van der Waals surface area contributed by atoms with E-state index in [9.17, 15) is 23.6 Å². The second kappa shape index (κ2) is 13.4. The van der Waals surface area contributed by atoms with Crippen molar-refractivity contribution in [1.82, 2.24) is 19.4 Å². The number of allylic oxidation sites excluding steroid dienone is 1. The predicted molar refractivity (Wildman–Crippen MR) is 170 cm³/mol. The molecule has 2 aliphatic heterocycles. The smallest absolute Gasteiger partial charge is 0.272 e. The summed E-state index contributed by atoms with van der Waals surface area (Å²) >= 11 is 0.746. The highest BCUT2D eigenvalue weighted by molar-refractivity contribution is 7.14. The second-order valence-corrected chi connectivity index (χ2v) is 14.2. The fourth-order valence-electron chi connectivity index (χ4n) is 6.21. The number of thiophene rings is 1. The summed E-state index contributed by atoms with van der Waals surface area (Å²) in [6.07, 6.45) is 0.825. The van der Waals surface area contributed by atoms with E-state index in [2.05, 4.69) is 30.1 Å². The highest BCUT2D eigenvalue weighted by Gasteiger charge is 2.33. The first-order valence-corrected chi connectivity index (χ1v) is 16.1. The van der Waals surface area contributed by atoms with Crippen LogP contribution in [-0.2, 0) is 22.6 Å². The van der Waals surface area contributed by atoms with Crippen LogP contribution in [0.5, 0.6) is 0 Å². The molecule has 2 saturated heterocycles. The van der Waals surface area contributed by atoms with Gasteiger partial charge in [0.2, 0.25) is 5.95 Å². The van der Waals surface area contributed by atoms with Crippen LogP contribution in [0.15, 0.2) is 42.0 Å². The van der Waals surface area contributed by atoms with Crippen molar-refractivity contribution >= 4 is 40.1 Å². The van der Waals surface area contributed by atoms with Crippen LogP contribution in [0, 0.1) is 16.7 Å². The Balaban J connectivity index is 1.46. The molecular weight excluding hydrogens is 598 g/mol. The van der Waals surface area contributed by atoms with E-state index in [0.29, 0.717) is 18.6 Å². The number of nitrogens with one attached hydrogen (secondary N) is 1. The summed E-state index contributed by atoms with van der Waals surface area (Å²) in [5.41, 5.74) is 2.30. The molecule has 2 aromatic heterocycles. The van der Waals surface area contributed by atoms with E-state index in [0.717, 1.165) is 54.9 Å². The quantitative estimate of drug-likeness (QED) is 0.227. The van der Waals surface area contributed by atoms with Crippen molar-refractivity contribution in [1.29, 1.82) is 5.26 Å². The van der Waals surface area contributed by atoms with Gasteiger partial charge >= 0.3 is 0 Å². The third kappa shape index (κ3) is 7.77. The molecule has 1 N–H and O–H groups in total. The maximum absolute atomic E-state index is 13.5. The summed E-state index contributed by atoms with van der Waals surface area (Å²) in [6.45, 7) is 13.2. The van der Waals surface area contributed by atoms with Gasteiger partial charge in [0.15, 0.2) is 0 Å². The van der Waals surface area contributed by atoms with Crippen LogP contribution in [0.25, 0.3) is 11.0 Å². The Morgan fingerprint density at radius 3 is 2.58 bits per heavy atom. The van der Waals surface area contributed by atoms with Gasteiger partial charge in [0.1, 0.15) is 11.6 Å². The number of nitrogens with zero attached hydrogens (tertiary/aromatic N) is 5. The molecule has 12 heteroatoms. The molecule has 2 amide bonds. The highest BCUT2D eigenvalue weighted by atomic mass is 32.1. The van der Waals surface area contributed by atoms with E-state index in [1.54, 1.807) is 11.0 Å². The summed E-state index contributed by atoms with van der Waals surface area (Å²) in [5.74, 6) is -0.559. The lowest BCUT2D eigenvalue weighted by molar-refractivity contribution is -0.127. The Hall–Kier alpha value is -3.66. The normalized spacial score (nSPS) is 21.4. The first-order valence-electron chi connectivity index (χ1n) is 15.3. The number of nitriles is 1. The third-order valence-electron chi connectivity index (χ3n) is 7.96. The summed E-state index contributed by atoms with van der Waals surface area (Å²) in [7, 11) is 0. The standard InChI is InChI=1S/C33H40F2N6O3S/c1-20-16-39(17-21(2)44-20)18-22-8-9-26-25(13-22)37-32(38-30(42)28-11-10-27(45-28)29(34)35)41(26)19-24-7-6-12-40(24)31(43)23(15-36)14-33(3,4)5/h8-11,13-14,20-21,24,29H,6-7,12,16-19H2,1-5H3,(H,37,38,42)/t20?,21?,24-/m1/s1. The number of fused-ring (bicyclic) bond motifs is 1. The summed E-state index contributed by atoms with van der Waals surface area (Å²) in [5, 5.41) is 12.6. The highest BCUT2D eigenvalue weighted by Crippen LogP contribution is 2.30. The second-order valence-electron chi connectivity index (χ2n) is 13.1. The molecule has 2 unspecified atom stereocenters. The number of amides is 2. The Bertz CT molecular complexity index is 1620. The number of benzene rings is 1. The first-order chi connectivity index (χ1) is 21.3. The molecule has 9 nitrogen and oxygen atoms in total. The number of halogens is 2. The number of anilines is 1. The van der Waals surface area contributed by atoms with Gasteiger partial charge in [-0.1, -0.05) is 32.9 Å². The van der Waals surface area contributed by atoms with Gasteiger partial charge < -0.3 is 14.2 Å². The van der Waals surface area contributed by atoms with Crippen molar-refractivity contribution in [2.24, 2.45) is 5.41 Å².